The van der Waals surface area contributed by atoms with Crippen molar-refractivity contribution in [1.29, 1.82) is 5.26 Å². The van der Waals surface area contributed by atoms with Gasteiger partial charge in [0.15, 0.2) is 0 Å². The summed E-state index contributed by atoms with van der Waals surface area (Å²) in [6, 6.07) is 5.59. The Labute approximate surface area is 99.3 Å². The van der Waals surface area contributed by atoms with Crippen molar-refractivity contribution in [2.45, 2.75) is 12.8 Å². The van der Waals surface area contributed by atoms with E-state index in [1.807, 2.05) is 12.1 Å². The zero-order valence-corrected chi connectivity index (χ0v) is 9.33. The molecule has 0 amide bonds. The standard InChI is InChI=1S/C12H13N3O2/c13-8-10-7-11(1-4-14-10)15-5-2-9(3-6-15)12(16)17/h1,4,7,9H,2-3,5-6H2,(H,16,17). The van der Waals surface area contributed by atoms with Gasteiger partial charge in [0.05, 0.1) is 5.92 Å². The fraction of sp³-hybridized carbons (Fsp3) is 0.417. The summed E-state index contributed by atoms with van der Waals surface area (Å²) in [5, 5.41) is 17.7. The molecule has 1 N–H and O–H groups in total. The number of pyridine rings is 1. The van der Waals surface area contributed by atoms with Gasteiger partial charge < -0.3 is 10.0 Å². The van der Waals surface area contributed by atoms with Crippen LogP contribution in [0.25, 0.3) is 0 Å². The van der Waals surface area contributed by atoms with Gasteiger partial charge in [0.1, 0.15) is 11.8 Å². The third kappa shape index (κ3) is 2.53. The molecule has 1 saturated heterocycles. The summed E-state index contributed by atoms with van der Waals surface area (Å²) in [5.74, 6) is -0.944. The number of piperidine rings is 1. The molecule has 0 atom stereocenters. The van der Waals surface area contributed by atoms with Crippen LogP contribution >= 0.6 is 0 Å². The van der Waals surface area contributed by atoms with Gasteiger partial charge in [0.2, 0.25) is 0 Å². The van der Waals surface area contributed by atoms with Crippen LogP contribution in [0.1, 0.15) is 18.5 Å². The second kappa shape index (κ2) is 4.83. The summed E-state index contributed by atoms with van der Waals surface area (Å²) in [5.41, 5.74) is 1.34. The van der Waals surface area contributed by atoms with Gasteiger partial charge in [-0.2, -0.15) is 5.26 Å². The van der Waals surface area contributed by atoms with E-state index in [1.54, 1.807) is 12.3 Å². The average molecular weight is 231 g/mol. The molecule has 5 nitrogen and oxygen atoms in total. The molecule has 0 saturated carbocycles. The average Bonchev–Trinajstić information content (AvgIpc) is 2.39. The van der Waals surface area contributed by atoms with E-state index in [0.717, 1.165) is 5.69 Å². The number of rotatable bonds is 2. The van der Waals surface area contributed by atoms with Crippen LogP contribution in [-0.4, -0.2) is 29.1 Å². The minimum absolute atomic E-state index is 0.233. The smallest absolute Gasteiger partial charge is 0.306 e. The molecule has 17 heavy (non-hydrogen) atoms. The summed E-state index contributed by atoms with van der Waals surface area (Å²) in [4.78, 5) is 16.8. The van der Waals surface area contributed by atoms with Gasteiger partial charge in [0.25, 0.3) is 0 Å². The van der Waals surface area contributed by atoms with Gasteiger partial charge in [-0.15, -0.1) is 0 Å². The number of nitrogens with zero attached hydrogens (tertiary/aromatic N) is 3. The van der Waals surface area contributed by atoms with E-state index in [0.29, 0.717) is 31.6 Å². The largest absolute Gasteiger partial charge is 0.481 e. The van der Waals surface area contributed by atoms with E-state index in [-0.39, 0.29) is 5.92 Å². The maximum absolute atomic E-state index is 10.8. The van der Waals surface area contributed by atoms with Crippen molar-refractivity contribution < 1.29 is 9.90 Å². The van der Waals surface area contributed by atoms with Crippen molar-refractivity contribution in [3.8, 4) is 6.07 Å². The van der Waals surface area contributed by atoms with Crippen molar-refractivity contribution in [3.63, 3.8) is 0 Å². The highest BCUT2D eigenvalue weighted by Gasteiger charge is 2.24. The Kier molecular flexibility index (Phi) is 3.24. The van der Waals surface area contributed by atoms with E-state index in [9.17, 15) is 4.79 Å². The Balaban J connectivity index is 2.05. The number of nitriles is 1. The van der Waals surface area contributed by atoms with Gasteiger partial charge in [0, 0.05) is 25.0 Å². The minimum Gasteiger partial charge on any atom is -0.481 e. The first-order valence-corrected chi connectivity index (χ1v) is 5.54. The van der Waals surface area contributed by atoms with Crippen LogP contribution in [-0.2, 0) is 4.79 Å². The molecule has 2 heterocycles. The van der Waals surface area contributed by atoms with Crippen molar-refractivity contribution in [2.24, 2.45) is 5.92 Å². The van der Waals surface area contributed by atoms with Gasteiger partial charge in [-0.3, -0.25) is 4.79 Å². The molecule has 1 aromatic rings. The van der Waals surface area contributed by atoms with Gasteiger partial charge in [-0.05, 0) is 25.0 Å². The highest BCUT2D eigenvalue weighted by atomic mass is 16.4. The Morgan fingerprint density at radius 2 is 2.24 bits per heavy atom. The Morgan fingerprint density at radius 3 is 2.82 bits per heavy atom. The monoisotopic (exact) mass is 231 g/mol. The number of aromatic nitrogens is 1. The highest BCUT2D eigenvalue weighted by molar-refractivity contribution is 5.70. The molecule has 5 heteroatoms. The normalized spacial score (nSPS) is 16.5. The Morgan fingerprint density at radius 1 is 1.53 bits per heavy atom. The fourth-order valence-electron chi connectivity index (χ4n) is 2.06. The minimum atomic E-state index is -0.711. The van der Waals surface area contributed by atoms with Crippen LogP contribution < -0.4 is 4.90 Å². The second-order valence-electron chi connectivity index (χ2n) is 4.11. The van der Waals surface area contributed by atoms with E-state index < -0.39 is 5.97 Å². The second-order valence-corrected chi connectivity index (χ2v) is 4.11. The molecule has 0 aliphatic carbocycles. The van der Waals surface area contributed by atoms with Crippen LogP contribution in [0.15, 0.2) is 18.3 Å². The Hall–Kier alpha value is -2.09. The predicted octanol–water partition coefficient (Wildman–Crippen LogP) is 1.25. The summed E-state index contributed by atoms with van der Waals surface area (Å²) < 4.78 is 0. The molecule has 2 rings (SSSR count). The van der Waals surface area contributed by atoms with E-state index in [2.05, 4.69) is 9.88 Å². The fourth-order valence-corrected chi connectivity index (χ4v) is 2.06. The first kappa shape index (κ1) is 11.4. The van der Waals surface area contributed by atoms with Crippen molar-refractivity contribution in [1.82, 2.24) is 4.98 Å². The van der Waals surface area contributed by atoms with Crippen LogP contribution in [0.4, 0.5) is 5.69 Å². The molecule has 0 radical (unpaired) electrons. The Bertz CT molecular complexity index is 459. The third-order valence-corrected chi connectivity index (χ3v) is 3.07. The first-order chi connectivity index (χ1) is 8.20. The molecule has 1 aliphatic heterocycles. The van der Waals surface area contributed by atoms with Gasteiger partial charge in [-0.1, -0.05) is 0 Å². The molecule has 1 fully saturated rings. The van der Waals surface area contributed by atoms with Crippen molar-refractivity contribution in [2.75, 3.05) is 18.0 Å². The van der Waals surface area contributed by atoms with Crippen LogP contribution in [0.3, 0.4) is 0 Å². The third-order valence-electron chi connectivity index (χ3n) is 3.07. The van der Waals surface area contributed by atoms with E-state index in [4.69, 9.17) is 10.4 Å². The van der Waals surface area contributed by atoms with Gasteiger partial charge in [-0.25, -0.2) is 4.98 Å². The number of carboxylic acids is 1. The zero-order chi connectivity index (χ0) is 12.3. The lowest BCUT2D eigenvalue weighted by molar-refractivity contribution is -0.142. The molecular formula is C12H13N3O2. The molecule has 0 aromatic carbocycles. The molecule has 1 aliphatic rings. The summed E-state index contributed by atoms with van der Waals surface area (Å²) >= 11 is 0. The maximum Gasteiger partial charge on any atom is 0.306 e. The molecule has 1 aromatic heterocycles. The van der Waals surface area contributed by atoms with E-state index in [1.165, 1.54) is 0 Å². The molecule has 88 valence electrons. The SMILES string of the molecule is N#Cc1cc(N2CCC(C(=O)O)CC2)ccn1. The summed E-state index contributed by atoms with van der Waals surface area (Å²) in [6.07, 6.45) is 2.91. The maximum atomic E-state index is 10.8. The molecular weight excluding hydrogens is 218 g/mol. The van der Waals surface area contributed by atoms with Crippen LogP contribution in [0.2, 0.25) is 0 Å². The number of hydrogen-bond donors (Lipinski definition) is 1. The lowest BCUT2D eigenvalue weighted by Crippen LogP contribution is -2.36. The lowest BCUT2D eigenvalue weighted by atomic mass is 9.97. The lowest BCUT2D eigenvalue weighted by Gasteiger charge is -2.31. The molecule has 0 spiro atoms. The number of hydrogen-bond acceptors (Lipinski definition) is 4. The van der Waals surface area contributed by atoms with Gasteiger partial charge >= 0.3 is 5.97 Å². The molecule has 0 unspecified atom stereocenters. The van der Waals surface area contributed by atoms with E-state index >= 15 is 0 Å². The first-order valence-electron chi connectivity index (χ1n) is 5.54. The quantitative estimate of drug-likeness (QED) is 0.829. The summed E-state index contributed by atoms with van der Waals surface area (Å²) in [7, 11) is 0. The topological polar surface area (TPSA) is 77.2 Å². The number of carbonyl (C=O) groups is 1. The zero-order valence-electron chi connectivity index (χ0n) is 9.33. The highest BCUT2D eigenvalue weighted by Crippen LogP contribution is 2.23. The predicted molar refractivity (Wildman–Crippen MR) is 61.5 cm³/mol. The molecule has 0 bridgehead atoms. The summed E-state index contributed by atoms with van der Waals surface area (Å²) in [6.45, 7) is 1.43. The number of aliphatic carboxylic acids is 1. The van der Waals surface area contributed by atoms with Crippen LogP contribution in [0, 0.1) is 17.2 Å². The number of carboxylic acid groups (broad SMARTS) is 1. The van der Waals surface area contributed by atoms with Crippen LogP contribution in [0.5, 0.6) is 0 Å². The number of anilines is 1. The van der Waals surface area contributed by atoms with Crippen molar-refractivity contribution >= 4 is 11.7 Å². The van der Waals surface area contributed by atoms with Crippen molar-refractivity contribution in [3.05, 3.63) is 24.0 Å².